The molecule has 0 unspecified atom stereocenters. The van der Waals surface area contributed by atoms with Crippen molar-refractivity contribution in [2.75, 3.05) is 30.9 Å². The molecule has 0 spiro atoms. The smallest absolute Gasteiger partial charge is 0.247 e. The number of piperazine rings is 1. The Morgan fingerprint density at radius 2 is 1.87 bits per heavy atom. The average molecular weight is 438 g/mol. The van der Waals surface area contributed by atoms with Crippen molar-refractivity contribution in [1.29, 1.82) is 0 Å². The van der Waals surface area contributed by atoms with Gasteiger partial charge in [-0.05, 0) is 50.5 Å². The number of benzene rings is 1. The fourth-order valence-electron chi connectivity index (χ4n) is 4.30. The van der Waals surface area contributed by atoms with E-state index in [4.69, 9.17) is 4.74 Å². The zero-order valence-corrected chi connectivity index (χ0v) is 18.7. The quantitative estimate of drug-likeness (QED) is 0.703. The third kappa shape index (κ3) is 4.46. The van der Waals surface area contributed by atoms with Crippen LogP contribution in [0.1, 0.15) is 46.0 Å². The van der Waals surface area contributed by atoms with E-state index in [-0.39, 0.29) is 30.8 Å². The number of methoxy groups -OCH3 is 1. The number of rotatable bonds is 7. The summed E-state index contributed by atoms with van der Waals surface area (Å²) in [6, 6.07) is 6.93. The molecule has 2 fully saturated rings. The van der Waals surface area contributed by atoms with E-state index < -0.39 is 21.5 Å². The van der Waals surface area contributed by atoms with Crippen molar-refractivity contribution in [1.82, 2.24) is 9.62 Å². The maximum absolute atomic E-state index is 13.4. The Labute approximate surface area is 178 Å². The highest BCUT2D eigenvalue weighted by molar-refractivity contribution is 7.89. The Bertz CT molecular complexity index is 880. The summed E-state index contributed by atoms with van der Waals surface area (Å²) in [5, 5.41) is 3.06. The third-order valence-electron chi connectivity index (χ3n) is 5.90. The Morgan fingerprint density at radius 1 is 1.23 bits per heavy atom. The molecule has 166 valence electrons. The predicted octanol–water partition coefficient (Wildman–Crippen LogP) is 1.90. The molecule has 8 nitrogen and oxygen atoms in total. The molecule has 1 aliphatic heterocycles. The molecule has 1 saturated heterocycles. The lowest BCUT2D eigenvalue weighted by Crippen LogP contribution is -2.70. The zero-order valence-electron chi connectivity index (χ0n) is 17.9. The van der Waals surface area contributed by atoms with Crippen LogP contribution in [-0.4, -0.2) is 62.1 Å². The number of hydrogen-bond acceptors (Lipinski definition) is 5. The van der Waals surface area contributed by atoms with Crippen LogP contribution >= 0.6 is 0 Å². The second-order valence-corrected chi connectivity index (χ2v) is 10.3. The van der Waals surface area contributed by atoms with Gasteiger partial charge in [0.2, 0.25) is 21.8 Å². The zero-order chi connectivity index (χ0) is 21.9. The first-order valence-corrected chi connectivity index (χ1v) is 12.1. The van der Waals surface area contributed by atoms with Crippen molar-refractivity contribution in [3.8, 4) is 5.75 Å². The number of amides is 2. The second-order valence-electron chi connectivity index (χ2n) is 8.24. The van der Waals surface area contributed by atoms with Crippen LogP contribution in [0.3, 0.4) is 0 Å². The average Bonchev–Trinajstić information content (AvgIpc) is 3.21. The van der Waals surface area contributed by atoms with Crippen LogP contribution in [0.25, 0.3) is 0 Å². The highest BCUT2D eigenvalue weighted by Crippen LogP contribution is 2.32. The van der Waals surface area contributed by atoms with Gasteiger partial charge in [-0.3, -0.25) is 14.5 Å². The van der Waals surface area contributed by atoms with E-state index >= 15 is 0 Å². The number of nitrogens with zero attached hydrogens (tertiary/aromatic N) is 2. The van der Waals surface area contributed by atoms with Crippen molar-refractivity contribution < 1.29 is 22.7 Å². The number of ether oxygens (including phenoxy) is 1. The van der Waals surface area contributed by atoms with Gasteiger partial charge in [-0.25, -0.2) is 8.42 Å². The van der Waals surface area contributed by atoms with E-state index in [0.29, 0.717) is 17.9 Å². The summed E-state index contributed by atoms with van der Waals surface area (Å²) in [6.07, 6.45) is 4.35. The summed E-state index contributed by atoms with van der Waals surface area (Å²) >= 11 is 0. The highest BCUT2D eigenvalue weighted by atomic mass is 32.2. The minimum Gasteiger partial charge on any atom is -0.497 e. The minimum atomic E-state index is -3.63. The maximum atomic E-state index is 13.4. The topological polar surface area (TPSA) is 96.0 Å². The first-order valence-electron chi connectivity index (χ1n) is 10.5. The molecule has 9 heteroatoms. The van der Waals surface area contributed by atoms with E-state index in [1.807, 2.05) is 0 Å². The number of carbonyl (C=O) groups excluding carboxylic acids is 2. The number of carbonyl (C=O) groups is 2. The molecular weight excluding hydrogens is 406 g/mol. The van der Waals surface area contributed by atoms with Crippen LogP contribution in [0.5, 0.6) is 5.75 Å². The summed E-state index contributed by atoms with van der Waals surface area (Å²) < 4.78 is 31.8. The fourth-order valence-corrected chi connectivity index (χ4v) is 5.82. The number of hydrogen-bond donors (Lipinski definition) is 1. The van der Waals surface area contributed by atoms with E-state index in [0.717, 1.165) is 30.0 Å². The van der Waals surface area contributed by atoms with Crippen molar-refractivity contribution in [2.24, 2.45) is 0 Å². The molecule has 1 saturated carbocycles. The molecule has 30 heavy (non-hydrogen) atoms. The van der Waals surface area contributed by atoms with Crippen LogP contribution < -0.4 is 15.0 Å². The molecule has 3 rings (SSSR count). The predicted molar refractivity (Wildman–Crippen MR) is 115 cm³/mol. The SMILES string of the molecule is CCCS(=O)(=O)N1CC(=O)N(c2ccc(OC)cc2)[C@@](C)(C(=O)NC2CCCC2)C1. The van der Waals surface area contributed by atoms with Gasteiger partial charge in [0.05, 0.1) is 19.4 Å². The number of sulfonamides is 1. The van der Waals surface area contributed by atoms with Gasteiger partial charge in [0.15, 0.2) is 0 Å². The molecule has 0 bridgehead atoms. The molecule has 2 aliphatic rings. The lowest BCUT2D eigenvalue weighted by Gasteiger charge is -2.47. The summed E-state index contributed by atoms with van der Waals surface area (Å²) in [6.45, 7) is 3.07. The van der Waals surface area contributed by atoms with E-state index in [1.165, 1.54) is 4.90 Å². The number of nitrogens with one attached hydrogen (secondary N) is 1. The third-order valence-corrected chi connectivity index (χ3v) is 7.87. The Balaban J connectivity index is 1.97. The second kappa shape index (κ2) is 8.93. The van der Waals surface area contributed by atoms with Crippen LogP contribution in [0, 0.1) is 0 Å². The van der Waals surface area contributed by atoms with Crippen LogP contribution in [-0.2, 0) is 19.6 Å². The van der Waals surface area contributed by atoms with Crippen molar-refractivity contribution in [3.05, 3.63) is 24.3 Å². The van der Waals surface area contributed by atoms with Gasteiger partial charge in [-0.15, -0.1) is 0 Å². The van der Waals surface area contributed by atoms with Gasteiger partial charge in [0.1, 0.15) is 11.3 Å². The molecule has 0 radical (unpaired) electrons. The molecule has 2 amide bonds. The molecule has 1 atom stereocenters. The lowest BCUT2D eigenvalue weighted by molar-refractivity contribution is -0.133. The van der Waals surface area contributed by atoms with Crippen LogP contribution in [0.4, 0.5) is 5.69 Å². The van der Waals surface area contributed by atoms with Crippen LogP contribution in [0.2, 0.25) is 0 Å². The molecular formula is C21H31N3O5S. The van der Waals surface area contributed by atoms with Gasteiger partial charge in [0.25, 0.3) is 0 Å². The van der Waals surface area contributed by atoms with Gasteiger partial charge in [0, 0.05) is 18.3 Å². The van der Waals surface area contributed by atoms with E-state index in [2.05, 4.69) is 5.32 Å². The molecule has 1 heterocycles. The Kier molecular flexibility index (Phi) is 6.71. The molecule has 1 aromatic carbocycles. The van der Waals surface area contributed by atoms with Crippen molar-refractivity contribution >= 4 is 27.5 Å². The maximum Gasteiger partial charge on any atom is 0.247 e. The minimum absolute atomic E-state index is 0.0524. The summed E-state index contributed by atoms with van der Waals surface area (Å²) in [7, 11) is -2.08. The van der Waals surface area contributed by atoms with Gasteiger partial charge < -0.3 is 10.1 Å². The standard InChI is InChI=1S/C21H31N3O5S/c1-4-13-30(27,28)23-14-19(25)24(17-9-11-18(29-3)12-10-17)21(2,15-23)20(26)22-16-7-5-6-8-16/h9-12,16H,4-8,13-15H2,1-3H3,(H,22,26)/t21-/m1/s1. The van der Waals surface area contributed by atoms with Gasteiger partial charge in [-0.1, -0.05) is 19.8 Å². The molecule has 1 N–H and O–H groups in total. The largest absolute Gasteiger partial charge is 0.497 e. The Morgan fingerprint density at radius 3 is 2.43 bits per heavy atom. The molecule has 1 aromatic rings. The first-order chi connectivity index (χ1) is 14.2. The molecule has 0 aromatic heterocycles. The highest BCUT2D eigenvalue weighted by Gasteiger charge is 2.51. The van der Waals surface area contributed by atoms with Crippen molar-refractivity contribution in [3.63, 3.8) is 0 Å². The Hall–Kier alpha value is -2.13. The monoisotopic (exact) mass is 437 g/mol. The van der Waals surface area contributed by atoms with Crippen molar-refractivity contribution in [2.45, 2.75) is 57.5 Å². The van der Waals surface area contributed by atoms with Gasteiger partial charge in [-0.2, -0.15) is 4.31 Å². The number of anilines is 1. The normalized spacial score (nSPS) is 23.6. The summed E-state index contributed by atoms with van der Waals surface area (Å²) in [5.41, 5.74) is -0.815. The van der Waals surface area contributed by atoms with Gasteiger partial charge >= 0.3 is 0 Å². The fraction of sp³-hybridized carbons (Fsp3) is 0.619. The lowest BCUT2D eigenvalue weighted by atomic mass is 9.94. The van der Waals surface area contributed by atoms with E-state index in [1.54, 1.807) is 45.2 Å². The first kappa shape index (κ1) is 22.6. The summed E-state index contributed by atoms with van der Waals surface area (Å²) in [4.78, 5) is 28.0. The van der Waals surface area contributed by atoms with E-state index in [9.17, 15) is 18.0 Å². The summed E-state index contributed by atoms with van der Waals surface area (Å²) in [5.74, 6) is -0.166. The molecule has 1 aliphatic carbocycles. The van der Waals surface area contributed by atoms with Crippen LogP contribution in [0.15, 0.2) is 24.3 Å².